The van der Waals surface area contributed by atoms with E-state index in [-0.39, 0.29) is 23.0 Å². The first-order valence-corrected chi connectivity index (χ1v) is 7.35. The first kappa shape index (κ1) is 19.1. The minimum Gasteiger partial charge on any atom is -0.345 e. The number of hydrogen-bond donors (Lipinski definition) is 2. The van der Waals surface area contributed by atoms with Crippen molar-refractivity contribution in [3.05, 3.63) is 0 Å². The van der Waals surface area contributed by atoms with Crippen LogP contribution in [0.15, 0.2) is 0 Å². The molecule has 0 aromatic heterocycles. The van der Waals surface area contributed by atoms with Crippen LogP contribution in [-0.2, 0) is 9.59 Å². The van der Waals surface area contributed by atoms with Crippen LogP contribution in [0.3, 0.4) is 0 Å². The molecule has 0 bridgehead atoms. The third kappa shape index (κ3) is 7.01. The molecule has 0 aromatic rings. The van der Waals surface area contributed by atoms with Gasteiger partial charge in [-0.1, -0.05) is 34.6 Å². The minimum atomic E-state index is -0.399. The van der Waals surface area contributed by atoms with Crippen molar-refractivity contribution in [2.45, 2.75) is 47.6 Å². The summed E-state index contributed by atoms with van der Waals surface area (Å²) in [4.78, 5) is 25.6. The molecule has 118 valence electrons. The number of nitrogens with one attached hydrogen (secondary N) is 1. The molecule has 0 spiro atoms. The van der Waals surface area contributed by atoms with Crippen LogP contribution in [-0.4, -0.2) is 48.8 Å². The predicted octanol–water partition coefficient (Wildman–Crippen LogP) is 1.02. The van der Waals surface area contributed by atoms with Crippen molar-refractivity contribution < 1.29 is 9.59 Å². The second kappa shape index (κ2) is 8.37. The molecule has 0 aliphatic heterocycles. The molecular formula is C15H31N3O2. The molecule has 0 rings (SSSR count). The lowest BCUT2D eigenvalue weighted by atomic mass is 9.93. The van der Waals surface area contributed by atoms with E-state index in [9.17, 15) is 9.59 Å². The summed E-state index contributed by atoms with van der Waals surface area (Å²) < 4.78 is 0. The van der Waals surface area contributed by atoms with Gasteiger partial charge >= 0.3 is 0 Å². The second-order valence-electron chi connectivity index (χ2n) is 6.57. The van der Waals surface area contributed by atoms with E-state index in [1.165, 1.54) is 6.92 Å². The fourth-order valence-electron chi connectivity index (χ4n) is 2.11. The number of carbonyl (C=O) groups excluding carboxylic acids is 2. The Kier molecular flexibility index (Phi) is 7.98. The summed E-state index contributed by atoms with van der Waals surface area (Å²) in [5.74, 6) is -0.000678. The maximum atomic E-state index is 12.1. The van der Waals surface area contributed by atoms with Crippen LogP contribution in [0.4, 0.5) is 0 Å². The van der Waals surface area contributed by atoms with Crippen molar-refractivity contribution in [1.29, 1.82) is 0 Å². The molecule has 5 nitrogen and oxygen atoms in total. The summed E-state index contributed by atoms with van der Waals surface area (Å²) in [5, 5.41) is 2.82. The Morgan fingerprint density at radius 1 is 1.30 bits per heavy atom. The van der Waals surface area contributed by atoms with Gasteiger partial charge in [0, 0.05) is 6.54 Å². The highest BCUT2D eigenvalue weighted by Gasteiger charge is 2.24. The van der Waals surface area contributed by atoms with E-state index in [0.29, 0.717) is 13.1 Å². The van der Waals surface area contributed by atoms with Gasteiger partial charge in [-0.15, -0.1) is 0 Å². The Bertz CT molecular complexity index is 327. The standard InChI is InChI=1S/C15H31N3O2/c1-7-18(10-15(5,6)9-16)8-13(20)17-14(11(2)3)12(4)19/h11,14H,7-10,16H2,1-6H3,(H,17,20). The lowest BCUT2D eigenvalue weighted by Gasteiger charge is -2.31. The molecule has 1 unspecified atom stereocenters. The lowest BCUT2D eigenvalue weighted by molar-refractivity contribution is -0.128. The Morgan fingerprint density at radius 3 is 2.20 bits per heavy atom. The number of nitrogens with zero attached hydrogens (tertiary/aromatic N) is 1. The van der Waals surface area contributed by atoms with Crippen LogP contribution < -0.4 is 11.1 Å². The molecule has 0 heterocycles. The Hall–Kier alpha value is -0.940. The second-order valence-corrected chi connectivity index (χ2v) is 6.57. The number of rotatable bonds is 9. The predicted molar refractivity (Wildman–Crippen MR) is 82.4 cm³/mol. The first-order valence-electron chi connectivity index (χ1n) is 7.35. The topological polar surface area (TPSA) is 75.4 Å². The smallest absolute Gasteiger partial charge is 0.234 e. The molecule has 0 aliphatic rings. The molecule has 1 amide bonds. The summed E-state index contributed by atoms with van der Waals surface area (Å²) in [5.41, 5.74) is 5.71. The van der Waals surface area contributed by atoms with E-state index in [0.717, 1.165) is 13.1 Å². The fourth-order valence-corrected chi connectivity index (χ4v) is 2.11. The quantitative estimate of drug-likeness (QED) is 0.663. The maximum Gasteiger partial charge on any atom is 0.234 e. The molecule has 20 heavy (non-hydrogen) atoms. The fraction of sp³-hybridized carbons (Fsp3) is 0.867. The summed E-state index contributed by atoms with van der Waals surface area (Å²) in [6.45, 7) is 14.0. The van der Waals surface area contributed by atoms with Crippen molar-refractivity contribution in [1.82, 2.24) is 10.2 Å². The van der Waals surface area contributed by atoms with Gasteiger partial charge in [0.05, 0.1) is 12.6 Å². The minimum absolute atomic E-state index is 0.00122. The molecule has 5 heteroatoms. The van der Waals surface area contributed by atoms with E-state index >= 15 is 0 Å². The highest BCUT2D eigenvalue weighted by Crippen LogP contribution is 2.14. The van der Waals surface area contributed by atoms with Gasteiger partial charge in [0.2, 0.25) is 5.91 Å². The number of Topliss-reactive ketones (excluding diaryl/α,β-unsaturated/α-hetero) is 1. The Morgan fingerprint density at radius 2 is 1.85 bits per heavy atom. The normalized spacial score (nSPS) is 13.7. The summed E-state index contributed by atoms with van der Waals surface area (Å²) in [7, 11) is 0. The first-order chi connectivity index (χ1) is 9.12. The SMILES string of the molecule is CCN(CC(=O)NC(C(C)=O)C(C)C)CC(C)(C)CN. The number of likely N-dealkylation sites (N-methyl/N-ethyl adjacent to an activating group) is 1. The third-order valence-corrected chi connectivity index (χ3v) is 3.44. The van der Waals surface area contributed by atoms with Gasteiger partial charge in [-0.3, -0.25) is 14.5 Å². The zero-order valence-electron chi connectivity index (χ0n) is 13.8. The summed E-state index contributed by atoms with van der Waals surface area (Å²) in [6, 6.07) is -0.399. The lowest BCUT2D eigenvalue weighted by Crippen LogP contribution is -2.49. The van der Waals surface area contributed by atoms with Crippen LogP contribution in [0.5, 0.6) is 0 Å². The number of ketones is 1. The van der Waals surface area contributed by atoms with Crippen molar-refractivity contribution >= 4 is 11.7 Å². The molecule has 0 radical (unpaired) electrons. The van der Waals surface area contributed by atoms with Crippen molar-refractivity contribution in [3.8, 4) is 0 Å². The average molecular weight is 285 g/mol. The molecule has 0 aliphatic carbocycles. The van der Waals surface area contributed by atoms with Crippen LogP contribution >= 0.6 is 0 Å². The summed E-state index contributed by atoms with van der Waals surface area (Å²) in [6.07, 6.45) is 0. The van der Waals surface area contributed by atoms with Crippen LogP contribution in [0, 0.1) is 11.3 Å². The molecule has 0 saturated heterocycles. The van der Waals surface area contributed by atoms with Gasteiger partial charge in [0.25, 0.3) is 0 Å². The maximum absolute atomic E-state index is 12.1. The van der Waals surface area contributed by atoms with Gasteiger partial charge in [-0.25, -0.2) is 0 Å². The van der Waals surface area contributed by atoms with Crippen molar-refractivity contribution in [2.75, 3.05) is 26.2 Å². The number of amides is 1. The molecule has 0 saturated carbocycles. The van der Waals surface area contributed by atoms with E-state index in [1.54, 1.807) is 0 Å². The molecule has 1 atom stereocenters. The van der Waals surface area contributed by atoms with E-state index in [2.05, 4.69) is 24.1 Å². The van der Waals surface area contributed by atoms with Crippen LogP contribution in [0.2, 0.25) is 0 Å². The summed E-state index contributed by atoms with van der Waals surface area (Å²) >= 11 is 0. The van der Waals surface area contributed by atoms with Crippen molar-refractivity contribution in [3.63, 3.8) is 0 Å². The zero-order valence-corrected chi connectivity index (χ0v) is 13.8. The highest BCUT2D eigenvalue weighted by atomic mass is 16.2. The monoisotopic (exact) mass is 285 g/mol. The van der Waals surface area contributed by atoms with Gasteiger partial charge < -0.3 is 11.1 Å². The number of carbonyl (C=O) groups is 2. The number of hydrogen-bond acceptors (Lipinski definition) is 4. The van der Waals surface area contributed by atoms with Crippen LogP contribution in [0.1, 0.15) is 41.5 Å². The van der Waals surface area contributed by atoms with E-state index < -0.39 is 6.04 Å². The molecule has 0 fully saturated rings. The van der Waals surface area contributed by atoms with Gasteiger partial charge in [-0.2, -0.15) is 0 Å². The average Bonchev–Trinajstić information content (AvgIpc) is 2.34. The van der Waals surface area contributed by atoms with Gasteiger partial charge in [0.15, 0.2) is 5.78 Å². The Balaban J connectivity index is 4.52. The number of nitrogens with two attached hydrogens (primary N) is 1. The molecule has 0 aromatic carbocycles. The highest BCUT2D eigenvalue weighted by molar-refractivity contribution is 5.88. The Labute approximate surface area is 123 Å². The van der Waals surface area contributed by atoms with Crippen molar-refractivity contribution in [2.24, 2.45) is 17.1 Å². The molecule has 3 N–H and O–H groups in total. The molecular weight excluding hydrogens is 254 g/mol. The largest absolute Gasteiger partial charge is 0.345 e. The van der Waals surface area contributed by atoms with E-state index in [4.69, 9.17) is 5.73 Å². The van der Waals surface area contributed by atoms with Crippen LogP contribution in [0.25, 0.3) is 0 Å². The van der Waals surface area contributed by atoms with Gasteiger partial charge in [0.1, 0.15) is 0 Å². The van der Waals surface area contributed by atoms with E-state index in [1.807, 2.05) is 20.8 Å². The zero-order chi connectivity index (χ0) is 15.9. The third-order valence-electron chi connectivity index (χ3n) is 3.44. The van der Waals surface area contributed by atoms with Gasteiger partial charge in [-0.05, 0) is 31.3 Å².